The van der Waals surface area contributed by atoms with Gasteiger partial charge in [0.05, 0.1) is 28.7 Å². The van der Waals surface area contributed by atoms with E-state index in [2.05, 4.69) is 31.2 Å². The van der Waals surface area contributed by atoms with Crippen molar-refractivity contribution in [3.05, 3.63) is 68.4 Å². The molecule has 2 aromatic rings. The van der Waals surface area contributed by atoms with Gasteiger partial charge in [0.25, 0.3) is 17.9 Å². The van der Waals surface area contributed by atoms with E-state index in [1.54, 1.807) is 0 Å². The maximum absolute atomic E-state index is 14.8. The molecule has 17 heteroatoms. The smallest absolute Gasteiger partial charge is 0.374 e. The number of nitrogens with zero attached hydrogens (tertiary/aromatic N) is 1. The number of carbonyl (C=O) groups excluding carboxylic acids is 2. The SMILES string of the molecule is Cc1cc(C2=NO[C@](c3cc(C(F)(F)F)cc(Br)c3F)(C(F)(F)F)C2)ccc1C(=O)NCC(=O)NC(F)C(F)F. The minimum atomic E-state index is -5.43. The predicted molar refractivity (Wildman–Crippen MR) is 122 cm³/mol. The summed E-state index contributed by atoms with van der Waals surface area (Å²) in [6, 6.07) is 3.67. The number of amides is 2. The number of alkyl halides is 9. The van der Waals surface area contributed by atoms with Crippen LogP contribution in [0.3, 0.4) is 0 Å². The Labute approximate surface area is 226 Å². The first kappa shape index (κ1) is 31.2. The van der Waals surface area contributed by atoms with Gasteiger partial charge in [-0.05, 0) is 58.2 Å². The molecule has 1 aliphatic heterocycles. The van der Waals surface area contributed by atoms with Gasteiger partial charge >= 0.3 is 12.4 Å². The molecule has 1 unspecified atom stereocenters. The molecule has 0 spiro atoms. The number of benzene rings is 2. The van der Waals surface area contributed by atoms with Gasteiger partial charge in [-0.2, -0.15) is 26.3 Å². The van der Waals surface area contributed by atoms with Crippen LogP contribution in [0.4, 0.5) is 43.9 Å². The van der Waals surface area contributed by atoms with Crippen LogP contribution in [-0.2, 0) is 21.4 Å². The summed E-state index contributed by atoms with van der Waals surface area (Å²) in [6.07, 6.45) is -18.2. The molecule has 0 aliphatic carbocycles. The molecule has 0 saturated carbocycles. The average Bonchev–Trinajstić information content (AvgIpc) is 3.30. The Hall–Kier alpha value is -3.37. The van der Waals surface area contributed by atoms with Gasteiger partial charge in [0.2, 0.25) is 12.2 Å². The zero-order valence-corrected chi connectivity index (χ0v) is 21.4. The number of aryl methyl sites for hydroxylation is 1. The summed E-state index contributed by atoms with van der Waals surface area (Å²) in [5.41, 5.74) is -7.10. The minimum Gasteiger partial charge on any atom is -0.374 e. The van der Waals surface area contributed by atoms with Gasteiger partial charge in [0.1, 0.15) is 5.82 Å². The van der Waals surface area contributed by atoms with Gasteiger partial charge in [-0.15, -0.1) is 0 Å². The van der Waals surface area contributed by atoms with E-state index in [4.69, 9.17) is 0 Å². The van der Waals surface area contributed by atoms with Crippen LogP contribution in [0.15, 0.2) is 40.0 Å². The highest BCUT2D eigenvalue weighted by molar-refractivity contribution is 9.10. The number of nitrogens with one attached hydrogen (secondary N) is 2. The second kappa shape index (κ2) is 11.2. The monoisotopic (exact) mass is 651 g/mol. The number of rotatable bonds is 7. The second-order valence-corrected chi connectivity index (χ2v) is 9.32. The summed E-state index contributed by atoms with van der Waals surface area (Å²) in [4.78, 5) is 28.4. The maximum Gasteiger partial charge on any atom is 0.435 e. The fourth-order valence-electron chi connectivity index (χ4n) is 3.71. The molecule has 2 aromatic carbocycles. The lowest BCUT2D eigenvalue weighted by Crippen LogP contribution is -2.43. The van der Waals surface area contributed by atoms with Crippen LogP contribution in [0.25, 0.3) is 0 Å². The molecule has 1 heterocycles. The zero-order chi connectivity index (χ0) is 30.2. The zero-order valence-electron chi connectivity index (χ0n) is 19.8. The molecule has 0 aromatic heterocycles. The standard InChI is InChI=1S/C23H16BrF10N3O3/c1-9-4-10(2-3-12(9)20(39)35-8-16(38)36-19(28)18(26)27)15-7-21(40-37-15,23(32,33)34)13-5-11(22(29,30)31)6-14(24)17(13)25/h2-6,18-19H,7-8H2,1H3,(H,35,39)(H,36,38)/t19?,21-/m1/s1. The summed E-state index contributed by atoms with van der Waals surface area (Å²) in [7, 11) is 0. The first-order valence-corrected chi connectivity index (χ1v) is 11.7. The molecular weight excluding hydrogens is 636 g/mol. The summed E-state index contributed by atoms with van der Waals surface area (Å²) in [6.45, 7) is 0.462. The topological polar surface area (TPSA) is 79.8 Å². The summed E-state index contributed by atoms with van der Waals surface area (Å²) >= 11 is 2.51. The second-order valence-electron chi connectivity index (χ2n) is 8.46. The molecule has 3 rings (SSSR count). The van der Waals surface area contributed by atoms with Crippen LogP contribution in [0.2, 0.25) is 0 Å². The number of oxime groups is 1. The Bertz CT molecular complexity index is 1350. The Morgan fingerprint density at radius 3 is 2.30 bits per heavy atom. The summed E-state index contributed by atoms with van der Waals surface area (Å²) in [5, 5.41) is 6.73. The van der Waals surface area contributed by atoms with E-state index >= 15 is 0 Å². The third-order valence-electron chi connectivity index (χ3n) is 5.71. The Kier molecular flexibility index (Phi) is 8.76. The van der Waals surface area contributed by atoms with Crippen LogP contribution in [0.5, 0.6) is 0 Å². The first-order chi connectivity index (χ1) is 18.4. The number of hydrogen-bond acceptors (Lipinski definition) is 4. The highest BCUT2D eigenvalue weighted by Gasteiger charge is 2.64. The first-order valence-electron chi connectivity index (χ1n) is 10.9. The molecule has 2 atom stereocenters. The molecule has 2 N–H and O–H groups in total. The van der Waals surface area contributed by atoms with Crippen molar-refractivity contribution in [2.75, 3.05) is 6.54 Å². The van der Waals surface area contributed by atoms with Crippen molar-refractivity contribution in [2.24, 2.45) is 5.16 Å². The van der Waals surface area contributed by atoms with Crippen LogP contribution in [0.1, 0.15) is 39.0 Å². The van der Waals surface area contributed by atoms with Crippen LogP contribution < -0.4 is 10.6 Å². The van der Waals surface area contributed by atoms with Gasteiger partial charge in [0.15, 0.2) is 0 Å². The Morgan fingerprint density at radius 1 is 1.10 bits per heavy atom. The average molecular weight is 652 g/mol. The molecule has 0 bridgehead atoms. The van der Waals surface area contributed by atoms with Crippen LogP contribution >= 0.6 is 15.9 Å². The number of halogens is 11. The fourth-order valence-corrected chi connectivity index (χ4v) is 4.17. The molecule has 0 saturated heterocycles. The highest BCUT2D eigenvalue weighted by Crippen LogP contribution is 2.51. The van der Waals surface area contributed by atoms with Crippen molar-refractivity contribution in [1.82, 2.24) is 10.6 Å². The van der Waals surface area contributed by atoms with Crippen LogP contribution in [-0.4, -0.2) is 43.0 Å². The lowest BCUT2D eigenvalue weighted by atomic mass is 9.85. The molecule has 40 heavy (non-hydrogen) atoms. The van der Waals surface area contributed by atoms with Gasteiger partial charge < -0.3 is 15.5 Å². The van der Waals surface area contributed by atoms with Gasteiger partial charge in [-0.1, -0.05) is 11.2 Å². The van der Waals surface area contributed by atoms with Crippen LogP contribution in [0, 0.1) is 12.7 Å². The molecule has 0 radical (unpaired) electrons. The van der Waals surface area contributed by atoms with Crippen molar-refractivity contribution >= 4 is 33.5 Å². The largest absolute Gasteiger partial charge is 0.435 e. The van der Waals surface area contributed by atoms with Gasteiger partial charge in [0, 0.05) is 11.1 Å². The fraction of sp³-hybridized carbons (Fsp3) is 0.348. The van der Waals surface area contributed by atoms with Crippen molar-refractivity contribution < 1.29 is 58.3 Å². The van der Waals surface area contributed by atoms with Gasteiger partial charge in [-0.3, -0.25) is 9.59 Å². The van der Waals surface area contributed by atoms with Crippen molar-refractivity contribution in [3.63, 3.8) is 0 Å². The third kappa shape index (κ3) is 6.33. The summed E-state index contributed by atoms with van der Waals surface area (Å²) in [5.74, 6) is -3.82. The number of carbonyl (C=O) groups is 2. The molecule has 6 nitrogen and oxygen atoms in total. The normalized spacial score (nSPS) is 18.3. The van der Waals surface area contributed by atoms with Crippen molar-refractivity contribution in [1.29, 1.82) is 0 Å². The van der Waals surface area contributed by atoms with Crippen molar-refractivity contribution in [2.45, 2.75) is 44.0 Å². The number of hydrogen-bond donors (Lipinski definition) is 2. The lowest BCUT2D eigenvalue weighted by Gasteiger charge is -2.30. The molecule has 1 aliphatic rings. The molecular formula is C23H16BrF10N3O3. The van der Waals surface area contributed by atoms with Gasteiger partial charge in [-0.25, -0.2) is 17.6 Å². The van der Waals surface area contributed by atoms with E-state index in [1.165, 1.54) is 18.3 Å². The Balaban J connectivity index is 1.86. The van der Waals surface area contributed by atoms with E-state index in [1.807, 2.05) is 0 Å². The van der Waals surface area contributed by atoms with E-state index in [-0.39, 0.29) is 28.8 Å². The van der Waals surface area contributed by atoms with E-state index in [0.717, 1.165) is 12.1 Å². The van der Waals surface area contributed by atoms with E-state index in [9.17, 15) is 53.5 Å². The maximum atomic E-state index is 14.8. The lowest BCUT2D eigenvalue weighted by molar-refractivity contribution is -0.277. The van der Waals surface area contributed by atoms with E-state index < -0.39 is 82.6 Å². The molecule has 2 amide bonds. The highest BCUT2D eigenvalue weighted by atomic mass is 79.9. The molecule has 0 fully saturated rings. The van der Waals surface area contributed by atoms with E-state index in [0.29, 0.717) is 0 Å². The predicted octanol–water partition coefficient (Wildman–Crippen LogP) is 5.90. The quantitative estimate of drug-likeness (QED) is 0.289. The molecule has 218 valence electrons. The summed E-state index contributed by atoms with van der Waals surface area (Å²) < 4.78 is 134. The Morgan fingerprint density at radius 2 is 1.75 bits per heavy atom. The van der Waals surface area contributed by atoms with Crippen molar-refractivity contribution in [3.8, 4) is 0 Å². The third-order valence-corrected chi connectivity index (χ3v) is 6.29. The minimum absolute atomic E-state index is 0.00664.